The maximum atomic E-state index is 13.2. The summed E-state index contributed by atoms with van der Waals surface area (Å²) in [7, 11) is 0. The third-order valence-electron chi connectivity index (χ3n) is 3.04. The van der Waals surface area contributed by atoms with Crippen molar-refractivity contribution < 1.29 is 4.39 Å². The lowest BCUT2D eigenvalue weighted by atomic mass is 10.0. The van der Waals surface area contributed by atoms with E-state index < -0.39 is 0 Å². The Morgan fingerprint density at radius 3 is 2.11 bits per heavy atom. The van der Waals surface area contributed by atoms with Gasteiger partial charge in [-0.2, -0.15) is 0 Å². The van der Waals surface area contributed by atoms with Gasteiger partial charge in [0.2, 0.25) is 0 Å². The smallest absolute Gasteiger partial charge is 0.123 e. The molecule has 19 heavy (non-hydrogen) atoms. The van der Waals surface area contributed by atoms with E-state index in [1.54, 1.807) is 6.07 Å². The molecule has 98 valence electrons. The SMILES string of the molecule is CC.Cc1cc2cc3cc(F)ccc3cc2cc1Br. The average Bonchev–Trinajstić information content (AvgIpc) is 2.40. The van der Waals surface area contributed by atoms with Crippen molar-refractivity contribution in [2.24, 2.45) is 0 Å². The Morgan fingerprint density at radius 2 is 1.37 bits per heavy atom. The summed E-state index contributed by atoms with van der Waals surface area (Å²) >= 11 is 3.53. The van der Waals surface area contributed by atoms with Crippen molar-refractivity contribution in [2.75, 3.05) is 0 Å². The first kappa shape index (κ1) is 14.0. The van der Waals surface area contributed by atoms with E-state index in [2.05, 4.69) is 41.1 Å². The zero-order valence-corrected chi connectivity index (χ0v) is 12.9. The first-order chi connectivity index (χ1) is 9.13. The van der Waals surface area contributed by atoms with Crippen molar-refractivity contribution in [3.63, 3.8) is 0 Å². The van der Waals surface area contributed by atoms with E-state index in [4.69, 9.17) is 0 Å². The van der Waals surface area contributed by atoms with Crippen molar-refractivity contribution in [3.05, 3.63) is 58.3 Å². The Kier molecular flexibility index (Phi) is 4.20. The third-order valence-corrected chi connectivity index (χ3v) is 3.89. The number of fused-ring (bicyclic) bond motifs is 2. The van der Waals surface area contributed by atoms with Gasteiger partial charge in [-0.05, 0) is 64.4 Å². The summed E-state index contributed by atoms with van der Waals surface area (Å²) in [4.78, 5) is 0. The summed E-state index contributed by atoms with van der Waals surface area (Å²) < 4.78 is 14.3. The molecule has 0 atom stereocenters. The van der Waals surface area contributed by atoms with Crippen LogP contribution >= 0.6 is 15.9 Å². The zero-order chi connectivity index (χ0) is 14.0. The molecule has 0 saturated carbocycles. The average molecular weight is 319 g/mol. The summed E-state index contributed by atoms with van der Waals surface area (Å²) in [6, 6.07) is 13.2. The molecule has 0 unspecified atom stereocenters. The molecule has 0 bridgehead atoms. The van der Waals surface area contributed by atoms with Gasteiger partial charge in [0.05, 0.1) is 0 Å². The van der Waals surface area contributed by atoms with Crippen LogP contribution in [0.1, 0.15) is 19.4 Å². The summed E-state index contributed by atoms with van der Waals surface area (Å²) in [5, 5.41) is 4.32. The largest absolute Gasteiger partial charge is 0.207 e. The van der Waals surface area contributed by atoms with Gasteiger partial charge in [-0.25, -0.2) is 4.39 Å². The number of rotatable bonds is 0. The van der Waals surface area contributed by atoms with Gasteiger partial charge in [-0.1, -0.05) is 41.9 Å². The highest BCUT2D eigenvalue weighted by Crippen LogP contribution is 2.28. The van der Waals surface area contributed by atoms with Crippen LogP contribution in [0.15, 0.2) is 46.9 Å². The van der Waals surface area contributed by atoms with Gasteiger partial charge < -0.3 is 0 Å². The van der Waals surface area contributed by atoms with E-state index in [1.165, 1.54) is 17.0 Å². The molecule has 3 aromatic rings. The Bertz CT molecular complexity index is 732. The van der Waals surface area contributed by atoms with Crippen LogP contribution in [0.25, 0.3) is 21.5 Å². The number of hydrogen-bond donors (Lipinski definition) is 0. The van der Waals surface area contributed by atoms with Gasteiger partial charge in [-0.3, -0.25) is 0 Å². The minimum Gasteiger partial charge on any atom is -0.207 e. The van der Waals surface area contributed by atoms with Crippen LogP contribution in [0.3, 0.4) is 0 Å². The van der Waals surface area contributed by atoms with Crippen molar-refractivity contribution >= 4 is 37.5 Å². The monoisotopic (exact) mass is 318 g/mol. The molecular formula is C17H16BrF. The van der Waals surface area contributed by atoms with Gasteiger partial charge in [0.25, 0.3) is 0 Å². The van der Waals surface area contributed by atoms with Crippen molar-refractivity contribution in [3.8, 4) is 0 Å². The van der Waals surface area contributed by atoms with Crippen LogP contribution in [-0.2, 0) is 0 Å². The first-order valence-corrected chi connectivity index (χ1v) is 7.22. The lowest BCUT2D eigenvalue weighted by molar-refractivity contribution is 0.630. The van der Waals surface area contributed by atoms with Crippen molar-refractivity contribution in [1.82, 2.24) is 0 Å². The molecule has 0 radical (unpaired) electrons. The lowest BCUT2D eigenvalue weighted by Gasteiger charge is -2.05. The van der Waals surface area contributed by atoms with Crippen LogP contribution in [0.5, 0.6) is 0 Å². The van der Waals surface area contributed by atoms with Gasteiger partial charge in [0, 0.05) is 4.47 Å². The van der Waals surface area contributed by atoms with E-state index in [1.807, 2.05) is 26.0 Å². The second-order valence-electron chi connectivity index (χ2n) is 4.29. The zero-order valence-electron chi connectivity index (χ0n) is 11.3. The molecule has 0 aliphatic rings. The summed E-state index contributed by atoms with van der Waals surface area (Å²) in [6.07, 6.45) is 0. The van der Waals surface area contributed by atoms with Crippen LogP contribution < -0.4 is 0 Å². The molecule has 2 heteroatoms. The Hall–Kier alpha value is -1.41. The molecule has 0 aliphatic heterocycles. The Labute approximate surface area is 121 Å². The quantitative estimate of drug-likeness (QED) is 0.431. The maximum Gasteiger partial charge on any atom is 0.123 e. The minimum atomic E-state index is -0.189. The van der Waals surface area contributed by atoms with E-state index in [9.17, 15) is 4.39 Å². The first-order valence-electron chi connectivity index (χ1n) is 6.43. The standard InChI is InChI=1S/C15H10BrF.C2H6/c1-9-4-11-6-12-7-14(17)3-2-10(12)5-13(11)8-15(9)16;1-2/h2-8H,1H3;1-2H3. The van der Waals surface area contributed by atoms with Crippen LogP contribution in [0, 0.1) is 12.7 Å². The molecule has 0 N–H and O–H groups in total. The normalized spacial score (nSPS) is 10.4. The third kappa shape index (κ3) is 2.79. The molecule has 0 saturated heterocycles. The van der Waals surface area contributed by atoms with E-state index in [0.717, 1.165) is 20.6 Å². The topological polar surface area (TPSA) is 0 Å². The fourth-order valence-electron chi connectivity index (χ4n) is 2.11. The van der Waals surface area contributed by atoms with E-state index >= 15 is 0 Å². The van der Waals surface area contributed by atoms with Crippen LogP contribution in [-0.4, -0.2) is 0 Å². The lowest BCUT2D eigenvalue weighted by Crippen LogP contribution is -1.81. The number of benzene rings is 3. The fourth-order valence-corrected chi connectivity index (χ4v) is 2.47. The van der Waals surface area contributed by atoms with Crippen LogP contribution in [0.2, 0.25) is 0 Å². The second kappa shape index (κ2) is 5.70. The summed E-state index contributed by atoms with van der Waals surface area (Å²) in [6.45, 7) is 6.05. The predicted molar refractivity (Wildman–Crippen MR) is 85.2 cm³/mol. The molecule has 0 heterocycles. The van der Waals surface area contributed by atoms with Crippen LogP contribution in [0.4, 0.5) is 4.39 Å². The van der Waals surface area contributed by atoms with Crippen molar-refractivity contribution in [1.29, 1.82) is 0 Å². The highest BCUT2D eigenvalue weighted by Gasteiger charge is 2.02. The van der Waals surface area contributed by atoms with E-state index in [-0.39, 0.29) is 5.82 Å². The minimum absolute atomic E-state index is 0.189. The molecule has 0 aromatic heterocycles. The van der Waals surface area contributed by atoms with Gasteiger partial charge in [0.15, 0.2) is 0 Å². The maximum absolute atomic E-state index is 13.2. The molecule has 0 spiro atoms. The molecule has 3 rings (SSSR count). The number of hydrogen-bond acceptors (Lipinski definition) is 0. The molecular weight excluding hydrogens is 303 g/mol. The highest BCUT2D eigenvalue weighted by atomic mass is 79.9. The van der Waals surface area contributed by atoms with Crippen molar-refractivity contribution in [2.45, 2.75) is 20.8 Å². The molecule has 0 nitrogen and oxygen atoms in total. The van der Waals surface area contributed by atoms with Gasteiger partial charge in [-0.15, -0.1) is 0 Å². The predicted octanol–water partition coefficient (Wildman–Crippen LogP) is 6.23. The highest BCUT2D eigenvalue weighted by molar-refractivity contribution is 9.10. The number of halogens is 2. The Balaban J connectivity index is 0.000000637. The summed E-state index contributed by atoms with van der Waals surface area (Å²) in [5.41, 5.74) is 1.19. The Morgan fingerprint density at radius 1 is 0.789 bits per heavy atom. The second-order valence-corrected chi connectivity index (χ2v) is 5.15. The number of aryl methyl sites for hydroxylation is 1. The van der Waals surface area contributed by atoms with Gasteiger partial charge in [0.1, 0.15) is 5.82 Å². The molecule has 0 fully saturated rings. The summed E-state index contributed by atoms with van der Waals surface area (Å²) in [5.74, 6) is -0.189. The molecule has 0 aliphatic carbocycles. The molecule has 0 amide bonds. The fraction of sp³-hybridized carbons (Fsp3) is 0.176. The van der Waals surface area contributed by atoms with Gasteiger partial charge >= 0.3 is 0 Å². The van der Waals surface area contributed by atoms with E-state index in [0.29, 0.717) is 0 Å². The molecule has 3 aromatic carbocycles.